The van der Waals surface area contributed by atoms with Crippen LogP contribution in [0.25, 0.3) is 5.65 Å². The molecule has 0 bridgehead atoms. The molecule has 2 atom stereocenters. The third kappa shape index (κ3) is 8.11. The monoisotopic (exact) mass is 684 g/mol. The number of aromatic nitrogens is 5. The van der Waals surface area contributed by atoms with Gasteiger partial charge in [-0.2, -0.15) is 0 Å². The highest BCUT2D eigenvalue weighted by atomic mass is 16.5. The van der Waals surface area contributed by atoms with Crippen molar-refractivity contribution in [2.45, 2.75) is 83.5 Å². The number of morpholine rings is 1. The van der Waals surface area contributed by atoms with Gasteiger partial charge in [-0.1, -0.05) is 45.0 Å². The summed E-state index contributed by atoms with van der Waals surface area (Å²) < 4.78 is 19.5. The minimum Gasteiger partial charge on any atom is -0.484 e. The summed E-state index contributed by atoms with van der Waals surface area (Å²) in [5, 5.41) is 14.7. The van der Waals surface area contributed by atoms with Crippen molar-refractivity contribution in [3.05, 3.63) is 77.1 Å². The summed E-state index contributed by atoms with van der Waals surface area (Å²) in [6.07, 6.45) is 4.06. The lowest BCUT2D eigenvalue weighted by atomic mass is 9.85. The van der Waals surface area contributed by atoms with Crippen molar-refractivity contribution in [3.8, 4) is 5.75 Å². The number of rotatable bonds is 11. The Hall–Kier alpha value is -4.46. The van der Waals surface area contributed by atoms with Crippen molar-refractivity contribution in [1.29, 1.82) is 0 Å². The normalized spacial score (nSPS) is 18.4. The van der Waals surface area contributed by atoms with E-state index in [1.165, 1.54) is 0 Å². The highest BCUT2D eigenvalue weighted by Gasteiger charge is 2.31. The standard InChI is InChI=1S/C37H48N8O5/c1-36(2,3)30-22-31(40-33(39-30)28(46)12-9-17-44-18-20-49-21-19-44)41-35(47)38-27-14-15-29(26-11-8-7-10-25(26)27)50-24-13-16-32-42-43-34(45(32)23-24)37(4,5)48-6/h7-8,10-11,13,16,22-23,27,29H,9,12,14-15,17-21H2,1-6H3,(H2,38,39,40,41,47)/t27-,29+/m0/s1. The fourth-order valence-electron chi connectivity index (χ4n) is 6.36. The van der Waals surface area contributed by atoms with Crippen LogP contribution in [-0.2, 0) is 20.5 Å². The number of ether oxygens (including phenoxy) is 3. The number of hydrogen-bond acceptors (Lipinski definition) is 10. The molecule has 6 rings (SSSR count). The molecule has 0 saturated carbocycles. The van der Waals surface area contributed by atoms with E-state index in [4.69, 9.17) is 14.2 Å². The Labute approximate surface area is 293 Å². The van der Waals surface area contributed by atoms with Crippen LogP contribution in [0, 0.1) is 0 Å². The van der Waals surface area contributed by atoms with E-state index in [0.717, 1.165) is 44.0 Å². The van der Waals surface area contributed by atoms with Gasteiger partial charge in [-0.15, -0.1) is 10.2 Å². The third-order valence-corrected chi connectivity index (χ3v) is 9.41. The van der Waals surface area contributed by atoms with Gasteiger partial charge in [0.05, 0.1) is 31.1 Å². The molecule has 1 aromatic carbocycles. The molecule has 2 aliphatic rings. The van der Waals surface area contributed by atoms with E-state index in [0.29, 0.717) is 54.4 Å². The maximum atomic E-state index is 13.4. The van der Waals surface area contributed by atoms with Crippen LogP contribution in [0.3, 0.4) is 0 Å². The van der Waals surface area contributed by atoms with Crippen LogP contribution in [0.5, 0.6) is 5.75 Å². The van der Waals surface area contributed by atoms with Gasteiger partial charge in [-0.05, 0) is 62.9 Å². The highest BCUT2D eigenvalue weighted by Crippen LogP contribution is 2.39. The minimum atomic E-state index is -0.630. The van der Waals surface area contributed by atoms with Crippen LogP contribution >= 0.6 is 0 Å². The summed E-state index contributed by atoms with van der Waals surface area (Å²) in [6, 6.07) is 12.9. The summed E-state index contributed by atoms with van der Waals surface area (Å²) in [5.74, 6) is 1.64. The van der Waals surface area contributed by atoms with Crippen LogP contribution in [-0.4, -0.2) is 81.2 Å². The Morgan fingerprint density at radius 2 is 1.74 bits per heavy atom. The van der Waals surface area contributed by atoms with Crippen molar-refractivity contribution in [1.82, 2.24) is 34.8 Å². The number of amides is 2. The Morgan fingerprint density at radius 3 is 2.48 bits per heavy atom. The number of ketones is 1. The molecule has 13 nitrogen and oxygen atoms in total. The fourth-order valence-corrected chi connectivity index (χ4v) is 6.36. The van der Waals surface area contributed by atoms with E-state index in [-0.39, 0.29) is 29.2 Å². The van der Waals surface area contributed by atoms with Crippen molar-refractivity contribution in [2.24, 2.45) is 0 Å². The SMILES string of the molecule is COC(C)(C)c1nnc2ccc(O[C@@H]3CC[C@H](NC(=O)Nc4cc(C(C)(C)C)nc(C(=O)CCCN5CCOCC5)n4)c4ccccc43)cn12. The van der Waals surface area contributed by atoms with Gasteiger partial charge >= 0.3 is 6.03 Å². The zero-order chi connectivity index (χ0) is 35.5. The number of hydrogen-bond donors (Lipinski definition) is 2. The Morgan fingerprint density at radius 1 is 0.980 bits per heavy atom. The molecule has 1 saturated heterocycles. The molecule has 1 aliphatic carbocycles. The van der Waals surface area contributed by atoms with E-state index in [9.17, 15) is 9.59 Å². The Kier molecular flexibility index (Phi) is 10.5. The molecule has 50 heavy (non-hydrogen) atoms. The van der Waals surface area contributed by atoms with E-state index in [1.54, 1.807) is 13.2 Å². The fraction of sp³-hybridized carbons (Fsp3) is 0.514. The van der Waals surface area contributed by atoms with Gasteiger partial charge in [0, 0.05) is 38.1 Å². The second-order valence-corrected chi connectivity index (χ2v) is 14.5. The maximum Gasteiger partial charge on any atom is 0.320 e. The van der Waals surface area contributed by atoms with E-state index < -0.39 is 11.6 Å². The number of fused-ring (bicyclic) bond motifs is 2. The molecule has 1 aliphatic heterocycles. The second kappa shape index (κ2) is 14.8. The summed E-state index contributed by atoms with van der Waals surface area (Å²) in [4.78, 5) is 38.1. The molecule has 3 aromatic heterocycles. The number of urea groups is 1. The average molecular weight is 685 g/mol. The molecule has 1 fully saturated rings. The lowest BCUT2D eigenvalue weighted by Gasteiger charge is -2.32. The average Bonchev–Trinajstić information content (AvgIpc) is 3.53. The van der Waals surface area contributed by atoms with Gasteiger partial charge < -0.3 is 19.5 Å². The Balaban J connectivity index is 1.13. The number of benzene rings is 1. The predicted octanol–water partition coefficient (Wildman–Crippen LogP) is 5.77. The first-order valence-corrected chi connectivity index (χ1v) is 17.4. The summed E-state index contributed by atoms with van der Waals surface area (Å²) in [7, 11) is 1.65. The molecule has 2 amide bonds. The van der Waals surface area contributed by atoms with Gasteiger partial charge in [0.1, 0.15) is 23.3 Å². The number of pyridine rings is 1. The van der Waals surface area contributed by atoms with E-state index in [1.807, 2.05) is 81.6 Å². The van der Waals surface area contributed by atoms with Crippen LogP contribution in [0.4, 0.5) is 10.6 Å². The van der Waals surface area contributed by atoms with Crippen molar-refractivity contribution >= 4 is 23.3 Å². The number of nitrogens with zero attached hydrogens (tertiary/aromatic N) is 6. The molecule has 4 aromatic rings. The van der Waals surface area contributed by atoms with Crippen molar-refractivity contribution < 1.29 is 23.8 Å². The summed E-state index contributed by atoms with van der Waals surface area (Å²) in [5.41, 5.74) is 2.40. The predicted molar refractivity (Wildman–Crippen MR) is 189 cm³/mol. The smallest absolute Gasteiger partial charge is 0.320 e. The van der Waals surface area contributed by atoms with Gasteiger partial charge in [-0.3, -0.25) is 19.4 Å². The number of methoxy groups -OCH3 is 1. The first-order valence-electron chi connectivity index (χ1n) is 17.4. The first kappa shape index (κ1) is 35.4. The lowest BCUT2D eigenvalue weighted by molar-refractivity contribution is 0.0106. The van der Waals surface area contributed by atoms with Crippen LogP contribution < -0.4 is 15.4 Å². The van der Waals surface area contributed by atoms with Gasteiger partial charge in [0.15, 0.2) is 23.1 Å². The van der Waals surface area contributed by atoms with Crippen molar-refractivity contribution in [2.75, 3.05) is 45.3 Å². The quantitative estimate of drug-likeness (QED) is 0.187. The second-order valence-electron chi connectivity index (χ2n) is 14.5. The zero-order valence-electron chi connectivity index (χ0n) is 29.9. The highest BCUT2D eigenvalue weighted by molar-refractivity contribution is 5.94. The molecular weight excluding hydrogens is 636 g/mol. The number of nitrogens with one attached hydrogen (secondary N) is 2. The molecule has 0 radical (unpaired) electrons. The first-order chi connectivity index (χ1) is 23.9. The Bertz CT molecular complexity index is 1830. The molecule has 0 unspecified atom stereocenters. The van der Waals surface area contributed by atoms with Gasteiger partial charge in [-0.25, -0.2) is 14.8 Å². The molecule has 266 valence electrons. The summed E-state index contributed by atoms with van der Waals surface area (Å²) in [6.45, 7) is 14.0. The number of anilines is 1. The maximum absolute atomic E-state index is 13.4. The van der Waals surface area contributed by atoms with E-state index >= 15 is 0 Å². The molecule has 0 spiro atoms. The molecule has 4 heterocycles. The van der Waals surface area contributed by atoms with E-state index in [2.05, 4.69) is 35.7 Å². The summed E-state index contributed by atoms with van der Waals surface area (Å²) >= 11 is 0. The molecular formula is C37H48N8O5. The van der Waals surface area contributed by atoms with Crippen LogP contribution in [0.15, 0.2) is 48.7 Å². The lowest BCUT2D eigenvalue weighted by Crippen LogP contribution is -2.37. The number of carbonyl (C=O) groups excluding carboxylic acids is 2. The van der Waals surface area contributed by atoms with Crippen LogP contribution in [0.1, 0.15) is 106 Å². The topological polar surface area (TPSA) is 145 Å². The molecule has 13 heteroatoms. The third-order valence-electron chi connectivity index (χ3n) is 9.41. The van der Waals surface area contributed by atoms with Crippen molar-refractivity contribution in [3.63, 3.8) is 0 Å². The molecule has 2 N–H and O–H groups in total. The van der Waals surface area contributed by atoms with Crippen LogP contribution in [0.2, 0.25) is 0 Å². The number of carbonyl (C=O) groups is 2. The number of Topliss-reactive ketones (excluding diaryl/α,β-unsaturated/α-hetero) is 1. The largest absolute Gasteiger partial charge is 0.484 e. The van der Waals surface area contributed by atoms with Gasteiger partial charge in [0.25, 0.3) is 0 Å². The zero-order valence-corrected chi connectivity index (χ0v) is 29.9. The van der Waals surface area contributed by atoms with Gasteiger partial charge in [0.2, 0.25) is 0 Å². The minimum absolute atomic E-state index is 0.125.